The maximum Gasteiger partial charge on any atom is 0.156 e. The number of rotatable bonds is 2. The molecule has 17 heavy (non-hydrogen) atoms. The fraction of sp³-hybridized carbons (Fsp3) is 0.154. The van der Waals surface area contributed by atoms with Gasteiger partial charge in [0.05, 0.1) is 11.4 Å². The standard InChI is InChI=1S/C13H14FN3/c1-9-7-8-16-13(12(9)15)17(2)11-6-4-3-5-10(11)14/h3-8H,15H2,1-2H3. The van der Waals surface area contributed by atoms with Crippen LogP contribution in [0.5, 0.6) is 0 Å². The van der Waals surface area contributed by atoms with Crippen molar-refractivity contribution in [1.82, 2.24) is 4.98 Å². The second-order valence-electron chi connectivity index (χ2n) is 3.88. The number of para-hydroxylation sites is 1. The molecule has 0 aliphatic heterocycles. The third-order valence-electron chi connectivity index (χ3n) is 2.72. The van der Waals surface area contributed by atoms with E-state index in [2.05, 4.69) is 4.98 Å². The predicted octanol–water partition coefficient (Wildman–Crippen LogP) is 2.88. The molecule has 0 atom stereocenters. The molecule has 2 rings (SSSR count). The molecule has 0 aliphatic carbocycles. The van der Waals surface area contributed by atoms with Crippen molar-refractivity contribution in [2.45, 2.75) is 6.92 Å². The van der Waals surface area contributed by atoms with Crippen molar-refractivity contribution in [2.24, 2.45) is 0 Å². The van der Waals surface area contributed by atoms with Crippen LogP contribution in [0, 0.1) is 12.7 Å². The monoisotopic (exact) mass is 231 g/mol. The molecule has 0 saturated carbocycles. The van der Waals surface area contributed by atoms with Gasteiger partial charge in [0.15, 0.2) is 5.82 Å². The van der Waals surface area contributed by atoms with Crippen LogP contribution in [0.3, 0.4) is 0 Å². The molecule has 0 saturated heterocycles. The minimum atomic E-state index is -0.294. The molecule has 0 aliphatic rings. The number of nitrogen functional groups attached to an aromatic ring is 1. The van der Waals surface area contributed by atoms with E-state index < -0.39 is 0 Å². The number of hydrogen-bond acceptors (Lipinski definition) is 3. The third-order valence-corrected chi connectivity index (χ3v) is 2.72. The Balaban J connectivity index is 2.48. The van der Waals surface area contributed by atoms with Crippen molar-refractivity contribution in [3.63, 3.8) is 0 Å². The molecule has 3 nitrogen and oxygen atoms in total. The SMILES string of the molecule is Cc1ccnc(N(C)c2ccccc2F)c1N. The van der Waals surface area contributed by atoms with E-state index in [0.29, 0.717) is 17.2 Å². The van der Waals surface area contributed by atoms with Crippen LogP contribution in [-0.2, 0) is 0 Å². The van der Waals surface area contributed by atoms with Gasteiger partial charge in [-0.1, -0.05) is 12.1 Å². The lowest BCUT2D eigenvalue weighted by atomic mass is 10.2. The lowest BCUT2D eigenvalue weighted by molar-refractivity contribution is 0.627. The van der Waals surface area contributed by atoms with Crippen LogP contribution in [-0.4, -0.2) is 12.0 Å². The Kier molecular flexibility index (Phi) is 2.95. The van der Waals surface area contributed by atoms with Crippen LogP contribution in [0.1, 0.15) is 5.56 Å². The van der Waals surface area contributed by atoms with E-state index in [1.165, 1.54) is 6.07 Å². The van der Waals surface area contributed by atoms with E-state index >= 15 is 0 Å². The summed E-state index contributed by atoms with van der Waals surface area (Å²) in [6, 6.07) is 8.37. The molecule has 0 spiro atoms. The zero-order valence-corrected chi connectivity index (χ0v) is 9.81. The zero-order valence-electron chi connectivity index (χ0n) is 9.81. The van der Waals surface area contributed by atoms with Gasteiger partial charge in [-0.2, -0.15) is 0 Å². The average molecular weight is 231 g/mol. The average Bonchev–Trinajstić information content (AvgIpc) is 2.32. The second kappa shape index (κ2) is 4.41. The van der Waals surface area contributed by atoms with E-state index in [4.69, 9.17) is 5.73 Å². The minimum Gasteiger partial charge on any atom is -0.396 e. The van der Waals surface area contributed by atoms with Crippen LogP contribution < -0.4 is 10.6 Å². The summed E-state index contributed by atoms with van der Waals surface area (Å²) in [6.45, 7) is 1.90. The van der Waals surface area contributed by atoms with Gasteiger partial charge in [0.1, 0.15) is 5.82 Å². The van der Waals surface area contributed by atoms with Crippen LogP contribution in [0.25, 0.3) is 0 Å². The number of aromatic nitrogens is 1. The van der Waals surface area contributed by atoms with Crippen LogP contribution in [0.4, 0.5) is 21.6 Å². The highest BCUT2D eigenvalue weighted by Gasteiger charge is 2.13. The number of pyridine rings is 1. The van der Waals surface area contributed by atoms with Crippen LogP contribution in [0.15, 0.2) is 36.5 Å². The van der Waals surface area contributed by atoms with Gasteiger partial charge < -0.3 is 10.6 Å². The maximum absolute atomic E-state index is 13.6. The van der Waals surface area contributed by atoms with Crippen molar-refractivity contribution < 1.29 is 4.39 Å². The molecular weight excluding hydrogens is 217 g/mol. The second-order valence-corrected chi connectivity index (χ2v) is 3.88. The third kappa shape index (κ3) is 2.06. The number of halogens is 1. The van der Waals surface area contributed by atoms with Crippen molar-refractivity contribution in [3.8, 4) is 0 Å². The smallest absolute Gasteiger partial charge is 0.156 e. The van der Waals surface area contributed by atoms with E-state index in [1.807, 2.05) is 13.0 Å². The Hall–Kier alpha value is -2.10. The highest BCUT2D eigenvalue weighted by atomic mass is 19.1. The fourth-order valence-electron chi connectivity index (χ4n) is 1.66. The molecule has 2 N–H and O–H groups in total. The van der Waals surface area contributed by atoms with Gasteiger partial charge in [-0.05, 0) is 30.7 Å². The number of nitrogens with zero attached hydrogens (tertiary/aromatic N) is 2. The largest absolute Gasteiger partial charge is 0.396 e. The molecule has 0 unspecified atom stereocenters. The number of nitrogens with two attached hydrogens (primary N) is 1. The Labute approximate surface area is 99.7 Å². The number of aryl methyl sites for hydroxylation is 1. The molecule has 4 heteroatoms. The van der Waals surface area contributed by atoms with Crippen molar-refractivity contribution in [1.29, 1.82) is 0 Å². The van der Waals surface area contributed by atoms with Crippen LogP contribution in [0.2, 0.25) is 0 Å². The quantitative estimate of drug-likeness (QED) is 0.864. The molecular formula is C13H14FN3. The lowest BCUT2D eigenvalue weighted by Gasteiger charge is -2.21. The van der Waals surface area contributed by atoms with Crippen molar-refractivity contribution in [3.05, 3.63) is 47.9 Å². The highest BCUT2D eigenvalue weighted by Crippen LogP contribution is 2.29. The van der Waals surface area contributed by atoms with Gasteiger partial charge >= 0.3 is 0 Å². The first-order chi connectivity index (χ1) is 8.11. The first-order valence-corrected chi connectivity index (χ1v) is 5.30. The van der Waals surface area contributed by atoms with E-state index in [1.54, 1.807) is 36.3 Å². The summed E-state index contributed by atoms with van der Waals surface area (Å²) in [7, 11) is 1.75. The van der Waals surface area contributed by atoms with Crippen LogP contribution >= 0.6 is 0 Å². The number of hydrogen-bond donors (Lipinski definition) is 1. The number of benzene rings is 1. The maximum atomic E-state index is 13.6. The van der Waals surface area contributed by atoms with Gasteiger partial charge in [0.25, 0.3) is 0 Å². The summed E-state index contributed by atoms with van der Waals surface area (Å²) < 4.78 is 13.6. The summed E-state index contributed by atoms with van der Waals surface area (Å²) in [5, 5.41) is 0. The molecule has 0 radical (unpaired) electrons. The molecule has 2 aromatic rings. The number of anilines is 3. The zero-order chi connectivity index (χ0) is 12.4. The Morgan fingerprint density at radius 3 is 2.65 bits per heavy atom. The Morgan fingerprint density at radius 2 is 1.94 bits per heavy atom. The van der Waals surface area contributed by atoms with Gasteiger partial charge in [0, 0.05) is 13.2 Å². The topological polar surface area (TPSA) is 42.2 Å². The molecule has 0 amide bonds. The fourth-order valence-corrected chi connectivity index (χ4v) is 1.66. The summed E-state index contributed by atoms with van der Waals surface area (Å²) in [6.07, 6.45) is 1.67. The van der Waals surface area contributed by atoms with E-state index in [0.717, 1.165) is 5.56 Å². The Morgan fingerprint density at radius 1 is 1.24 bits per heavy atom. The van der Waals surface area contributed by atoms with Crippen molar-refractivity contribution in [2.75, 3.05) is 17.7 Å². The molecule has 1 aromatic carbocycles. The molecule has 0 fully saturated rings. The predicted molar refractivity (Wildman–Crippen MR) is 67.8 cm³/mol. The van der Waals surface area contributed by atoms with E-state index in [9.17, 15) is 4.39 Å². The molecule has 1 aromatic heterocycles. The summed E-state index contributed by atoms with van der Waals surface area (Å²) in [5.41, 5.74) is 7.90. The van der Waals surface area contributed by atoms with Gasteiger partial charge in [-0.25, -0.2) is 9.37 Å². The van der Waals surface area contributed by atoms with Gasteiger partial charge in [-0.3, -0.25) is 0 Å². The molecule has 0 bridgehead atoms. The highest BCUT2D eigenvalue weighted by molar-refractivity contribution is 5.72. The van der Waals surface area contributed by atoms with Gasteiger partial charge in [0.2, 0.25) is 0 Å². The lowest BCUT2D eigenvalue weighted by Crippen LogP contribution is -2.15. The summed E-state index contributed by atoms with van der Waals surface area (Å²) in [5.74, 6) is 0.271. The minimum absolute atomic E-state index is 0.294. The normalized spacial score (nSPS) is 10.3. The molecule has 88 valence electrons. The van der Waals surface area contributed by atoms with E-state index in [-0.39, 0.29) is 5.82 Å². The first kappa shape index (κ1) is 11.4. The summed E-state index contributed by atoms with van der Waals surface area (Å²) in [4.78, 5) is 5.84. The Bertz CT molecular complexity index is 540. The first-order valence-electron chi connectivity index (χ1n) is 5.30. The summed E-state index contributed by atoms with van der Waals surface area (Å²) >= 11 is 0. The van der Waals surface area contributed by atoms with Gasteiger partial charge in [-0.15, -0.1) is 0 Å². The van der Waals surface area contributed by atoms with Crippen molar-refractivity contribution >= 4 is 17.2 Å². The molecule has 1 heterocycles.